The average Bonchev–Trinajstić information content (AvgIpc) is 2.52. The van der Waals surface area contributed by atoms with Gasteiger partial charge in [-0.15, -0.1) is 0 Å². The zero-order chi connectivity index (χ0) is 17.1. The molecule has 0 unspecified atom stereocenters. The quantitative estimate of drug-likeness (QED) is 0.739. The number of aryl methyl sites for hydroxylation is 3. The number of hydrogen-bond donors (Lipinski definition) is 2. The summed E-state index contributed by atoms with van der Waals surface area (Å²) in [6, 6.07) is 13.9. The van der Waals surface area contributed by atoms with Crippen LogP contribution in [0.5, 0.6) is 11.6 Å². The van der Waals surface area contributed by atoms with Gasteiger partial charge >= 0.3 is 0 Å². The van der Waals surface area contributed by atoms with Crippen LogP contribution in [0.1, 0.15) is 16.7 Å². The van der Waals surface area contributed by atoms with Crippen molar-refractivity contribution in [2.45, 2.75) is 20.8 Å². The monoisotopic (exact) mass is 320 g/mol. The fraction of sp³-hybridized carbons (Fsp3) is 0.158. The molecular weight excluding hydrogens is 300 g/mol. The van der Waals surface area contributed by atoms with E-state index < -0.39 is 0 Å². The highest BCUT2D eigenvalue weighted by Gasteiger charge is 2.11. The highest BCUT2D eigenvalue weighted by molar-refractivity contribution is 5.73. The Hall–Kier alpha value is -3.08. The Labute approximate surface area is 141 Å². The minimum Gasteiger partial charge on any atom is -0.437 e. The summed E-state index contributed by atoms with van der Waals surface area (Å²) >= 11 is 0. The van der Waals surface area contributed by atoms with E-state index in [1.54, 1.807) is 0 Å². The normalized spacial score (nSPS) is 10.5. The predicted octanol–water partition coefficient (Wildman–Crippen LogP) is 4.52. The Balaban J connectivity index is 1.89. The molecule has 0 saturated heterocycles. The number of ether oxygens (including phenoxy) is 1. The molecule has 0 saturated carbocycles. The number of aromatic nitrogens is 2. The first-order chi connectivity index (χ1) is 11.5. The second-order valence-electron chi connectivity index (χ2n) is 5.81. The molecule has 0 amide bonds. The molecule has 0 atom stereocenters. The maximum absolute atomic E-state index is 6.19. The molecule has 5 nitrogen and oxygen atoms in total. The summed E-state index contributed by atoms with van der Waals surface area (Å²) in [6.45, 7) is 6.06. The van der Waals surface area contributed by atoms with Gasteiger partial charge < -0.3 is 15.8 Å². The summed E-state index contributed by atoms with van der Waals surface area (Å²) in [5, 5.41) is 3.23. The number of nitrogen functional groups attached to an aromatic ring is 1. The first kappa shape index (κ1) is 15.8. The maximum Gasteiger partial charge on any atom is 0.248 e. The third-order valence-corrected chi connectivity index (χ3v) is 3.66. The Kier molecular flexibility index (Phi) is 4.33. The molecule has 122 valence electrons. The van der Waals surface area contributed by atoms with Gasteiger partial charge in [0.25, 0.3) is 0 Å². The van der Waals surface area contributed by atoms with E-state index in [2.05, 4.69) is 21.4 Å². The van der Waals surface area contributed by atoms with Gasteiger partial charge in [-0.2, -0.15) is 4.98 Å². The summed E-state index contributed by atoms with van der Waals surface area (Å²) in [6.07, 6.45) is 1.44. The summed E-state index contributed by atoms with van der Waals surface area (Å²) in [5.74, 6) is 1.57. The van der Waals surface area contributed by atoms with Gasteiger partial charge in [-0.05, 0) is 55.7 Å². The first-order valence-electron chi connectivity index (χ1n) is 7.72. The van der Waals surface area contributed by atoms with Gasteiger partial charge in [0, 0.05) is 5.69 Å². The van der Waals surface area contributed by atoms with Crippen molar-refractivity contribution in [3.8, 4) is 11.6 Å². The van der Waals surface area contributed by atoms with Crippen molar-refractivity contribution in [3.63, 3.8) is 0 Å². The van der Waals surface area contributed by atoms with Crippen molar-refractivity contribution in [3.05, 3.63) is 65.5 Å². The van der Waals surface area contributed by atoms with Crippen LogP contribution in [0.4, 0.5) is 17.2 Å². The van der Waals surface area contributed by atoms with Crippen LogP contribution in [-0.4, -0.2) is 9.97 Å². The number of para-hydroxylation sites is 1. The third kappa shape index (κ3) is 3.46. The lowest BCUT2D eigenvalue weighted by molar-refractivity contribution is 0.464. The van der Waals surface area contributed by atoms with Gasteiger partial charge in [-0.1, -0.05) is 24.3 Å². The lowest BCUT2D eigenvalue weighted by Gasteiger charge is -2.13. The van der Waals surface area contributed by atoms with Crippen LogP contribution in [0.25, 0.3) is 0 Å². The van der Waals surface area contributed by atoms with E-state index in [1.807, 2.05) is 57.2 Å². The lowest BCUT2D eigenvalue weighted by Crippen LogP contribution is -2.04. The number of rotatable bonds is 4. The standard InChI is InChI=1S/C19H20N4O/c1-12-8-13(2)10-15(9-12)24-19-17(20)18(21-11-22-19)23-16-7-5-4-6-14(16)3/h4-11H,20H2,1-3H3,(H,21,22,23). The molecule has 0 aliphatic rings. The smallest absolute Gasteiger partial charge is 0.248 e. The van der Waals surface area contributed by atoms with E-state index in [9.17, 15) is 0 Å². The number of nitrogens with zero attached hydrogens (tertiary/aromatic N) is 2. The second kappa shape index (κ2) is 6.58. The van der Waals surface area contributed by atoms with Crippen molar-refractivity contribution < 1.29 is 4.74 Å². The minimum atomic E-state index is 0.339. The van der Waals surface area contributed by atoms with E-state index >= 15 is 0 Å². The number of nitrogens with one attached hydrogen (secondary N) is 1. The third-order valence-electron chi connectivity index (χ3n) is 3.66. The first-order valence-corrected chi connectivity index (χ1v) is 7.72. The molecule has 0 aliphatic heterocycles. The van der Waals surface area contributed by atoms with Crippen molar-refractivity contribution in [1.29, 1.82) is 0 Å². The molecule has 3 N–H and O–H groups in total. The van der Waals surface area contributed by atoms with Gasteiger partial charge in [0.15, 0.2) is 5.82 Å². The van der Waals surface area contributed by atoms with Crippen LogP contribution in [0.2, 0.25) is 0 Å². The molecule has 5 heteroatoms. The highest BCUT2D eigenvalue weighted by Crippen LogP contribution is 2.32. The second-order valence-corrected chi connectivity index (χ2v) is 5.81. The molecule has 0 aliphatic carbocycles. The number of benzene rings is 2. The zero-order valence-corrected chi connectivity index (χ0v) is 14.0. The maximum atomic E-state index is 6.19. The molecule has 24 heavy (non-hydrogen) atoms. The largest absolute Gasteiger partial charge is 0.437 e. The SMILES string of the molecule is Cc1cc(C)cc(Oc2ncnc(Nc3ccccc3C)c2N)c1. The van der Waals surface area contributed by atoms with Crippen LogP contribution in [0.3, 0.4) is 0 Å². The molecule has 0 radical (unpaired) electrons. The Morgan fingerprint density at radius 3 is 2.38 bits per heavy atom. The van der Waals surface area contributed by atoms with E-state index in [0.717, 1.165) is 22.4 Å². The molecule has 0 bridgehead atoms. The zero-order valence-electron chi connectivity index (χ0n) is 14.0. The molecule has 0 fully saturated rings. The molecule has 3 aromatic rings. The molecule has 2 aromatic carbocycles. The fourth-order valence-corrected chi connectivity index (χ4v) is 2.50. The highest BCUT2D eigenvalue weighted by atomic mass is 16.5. The van der Waals surface area contributed by atoms with Crippen molar-refractivity contribution in [1.82, 2.24) is 9.97 Å². The van der Waals surface area contributed by atoms with Crippen LogP contribution in [-0.2, 0) is 0 Å². The predicted molar refractivity (Wildman–Crippen MR) is 96.9 cm³/mol. The van der Waals surface area contributed by atoms with Crippen molar-refractivity contribution in [2.24, 2.45) is 0 Å². The van der Waals surface area contributed by atoms with Gasteiger partial charge in [-0.25, -0.2) is 4.98 Å². The van der Waals surface area contributed by atoms with Gasteiger partial charge in [0.1, 0.15) is 17.8 Å². The Morgan fingerprint density at radius 2 is 1.67 bits per heavy atom. The minimum absolute atomic E-state index is 0.339. The van der Waals surface area contributed by atoms with E-state index in [-0.39, 0.29) is 0 Å². The fourth-order valence-electron chi connectivity index (χ4n) is 2.50. The van der Waals surface area contributed by atoms with Crippen LogP contribution in [0, 0.1) is 20.8 Å². The molecule has 1 heterocycles. The molecule has 3 rings (SSSR count). The number of hydrogen-bond acceptors (Lipinski definition) is 5. The summed E-state index contributed by atoms with van der Waals surface area (Å²) in [4.78, 5) is 8.38. The lowest BCUT2D eigenvalue weighted by atomic mass is 10.1. The van der Waals surface area contributed by atoms with Crippen LogP contribution >= 0.6 is 0 Å². The number of anilines is 3. The Bertz CT molecular complexity index is 857. The van der Waals surface area contributed by atoms with E-state index in [1.165, 1.54) is 6.33 Å². The molecule has 1 aromatic heterocycles. The summed E-state index contributed by atoms with van der Waals surface area (Å²) in [7, 11) is 0. The molecular formula is C19H20N4O. The summed E-state index contributed by atoms with van der Waals surface area (Å²) < 4.78 is 5.86. The Morgan fingerprint density at radius 1 is 0.958 bits per heavy atom. The molecule has 0 spiro atoms. The average molecular weight is 320 g/mol. The van der Waals surface area contributed by atoms with Gasteiger partial charge in [0.2, 0.25) is 5.88 Å². The topological polar surface area (TPSA) is 73.1 Å². The van der Waals surface area contributed by atoms with Crippen LogP contribution in [0.15, 0.2) is 48.8 Å². The summed E-state index contributed by atoms with van der Waals surface area (Å²) in [5.41, 5.74) is 10.9. The van der Waals surface area contributed by atoms with Crippen molar-refractivity contribution in [2.75, 3.05) is 11.1 Å². The van der Waals surface area contributed by atoms with Crippen molar-refractivity contribution >= 4 is 17.2 Å². The van der Waals surface area contributed by atoms with Gasteiger partial charge in [0.05, 0.1) is 0 Å². The van der Waals surface area contributed by atoms with Gasteiger partial charge in [-0.3, -0.25) is 0 Å². The van der Waals surface area contributed by atoms with E-state index in [0.29, 0.717) is 23.1 Å². The van der Waals surface area contributed by atoms with E-state index in [4.69, 9.17) is 10.5 Å². The number of nitrogens with two attached hydrogens (primary N) is 1. The van der Waals surface area contributed by atoms with Crippen LogP contribution < -0.4 is 15.8 Å².